The quantitative estimate of drug-likeness (QED) is 0.842. The van der Waals surface area contributed by atoms with Gasteiger partial charge in [-0.25, -0.2) is 0 Å². The molecule has 1 atom stereocenters. The van der Waals surface area contributed by atoms with Gasteiger partial charge in [0.2, 0.25) is 0 Å². The molecule has 3 heterocycles. The van der Waals surface area contributed by atoms with Gasteiger partial charge < -0.3 is 14.1 Å². The van der Waals surface area contributed by atoms with Gasteiger partial charge in [-0.1, -0.05) is 24.3 Å². The van der Waals surface area contributed by atoms with Gasteiger partial charge in [-0.3, -0.25) is 9.69 Å². The summed E-state index contributed by atoms with van der Waals surface area (Å²) in [4.78, 5) is 16.7. The molecule has 0 radical (unpaired) electrons. The van der Waals surface area contributed by atoms with E-state index < -0.39 is 0 Å². The summed E-state index contributed by atoms with van der Waals surface area (Å²) in [6, 6.07) is 12.5. The number of furan rings is 1. The van der Waals surface area contributed by atoms with Crippen LogP contribution in [-0.4, -0.2) is 55.1 Å². The highest BCUT2D eigenvalue weighted by atomic mass is 16.5. The Morgan fingerprint density at radius 1 is 0.962 bits per heavy atom. The van der Waals surface area contributed by atoms with Crippen molar-refractivity contribution in [2.24, 2.45) is 0 Å². The molecule has 26 heavy (non-hydrogen) atoms. The van der Waals surface area contributed by atoms with Gasteiger partial charge in [0.15, 0.2) is 5.76 Å². The highest BCUT2D eigenvalue weighted by Gasteiger charge is 2.23. The van der Waals surface area contributed by atoms with Crippen LogP contribution in [0.25, 0.3) is 11.3 Å². The summed E-state index contributed by atoms with van der Waals surface area (Å²) in [5.41, 5.74) is 2.29. The van der Waals surface area contributed by atoms with Gasteiger partial charge in [-0.05, 0) is 37.5 Å². The molecule has 5 nitrogen and oxygen atoms in total. The molecule has 2 aliphatic rings. The first kappa shape index (κ1) is 17.3. The summed E-state index contributed by atoms with van der Waals surface area (Å²) < 4.78 is 11.3. The summed E-state index contributed by atoms with van der Waals surface area (Å²) in [5.74, 6) is 1.19. The molecule has 2 saturated heterocycles. The van der Waals surface area contributed by atoms with Crippen molar-refractivity contribution in [2.45, 2.75) is 25.8 Å². The Kier molecular flexibility index (Phi) is 5.09. The normalized spacial score (nSPS) is 19.7. The minimum atomic E-state index is 0.00584. The molecule has 1 amide bonds. The monoisotopic (exact) mass is 354 g/mol. The van der Waals surface area contributed by atoms with Gasteiger partial charge in [-0.15, -0.1) is 0 Å². The SMILES string of the molecule is C[C@@H](c1ccc(-c2ccc(C(=O)N3CCCC3)o2)cc1)N1CCOCC1. The highest BCUT2D eigenvalue weighted by molar-refractivity contribution is 5.92. The van der Waals surface area contributed by atoms with Crippen molar-refractivity contribution in [1.29, 1.82) is 0 Å². The molecule has 2 fully saturated rings. The number of likely N-dealkylation sites (tertiary alicyclic amines) is 1. The minimum Gasteiger partial charge on any atom is -0.451 e. The lowest BCUT2D eigenvalue weighted by Crippen LogP contribution is -2.37. The molecular formula is C21H26N2O3. The molecule has 0 unspecified atom stereocenters. The second-order valence-corrected chi connectivity index (χ2v) is 7.11. The van der Waals surface area contributed by atoms with Crippen LogP contribution in [0.15, 0.2) is 40.8 Å². The predicted octanol–water partition coefficient (Wildman–Crippen LogP) is 3.58. The first-order valence-corrected chi connectivity index (χ1v) is 9.53. The maximum atomic E-state index is 12.4. The van der Waals surface area contributed by atoms with E-state index in [2.05, 4.69) is 36.1 Å². The number of morpholine rings is 1. The number of carbonyl (C=O) groups is 1. The Morgan fingerprint density at radius 3 is 2.35 bits per heavy atom. The molecule has 2 aliphatic heterocycles. The molecule has 4 rings (SSSR count). The van der Waals surface area contributed by atoms with Gasteiger partial charge in [-0.2, -0.15) is 0 Å². The van der Waals surface area contributed by atoms with E-state index in [1.54, 1.807) is 6.07 Å². The molecular weight excluding hydrogens is 328 g/mol. The smallest absolute Gasteiger partial charge is 0.289 e. The average Bonchev–Trinajstić information content (AvgIpc) is 3.40. The van der Waals surface area contributed by atoms with Crippen molar-refractivity contribution in [3.63, 3.8) is 0 Å². The summed E-state index contributed by atoms with van der Waals surface area (Å²) in [6.45, 7) is 7.48. The third kappa shape index (κ3) is 3.55. The zero-order valence-electron chi connectivity index (χ0n) is 15.3. The van der Waals surface area contributed by atoms with Crippen molar-refractivity contribution in [1.82, 2.24) is 9.80 Å². The van der Waals surface area contributed by atoms with E-state index in [1.165, 1.54) is 5.56 Å². The number of ether oxygens (including phenoxy) is 1. The molecule has 0 bridgehead atoms. The molecule has 5 heteroatoms. The minimum absolute atomic E-state index is 0.00584. The number of nitrogens with zero attached hydrogens (tertiary/aromatic N) is 2. The van der Waals surface area contributed by atoms with Crippen molar-refractivity contribution in [3.8, 4) is 11.3 Å². The Labute approximate surface area is 154 Å². The maximum Gasteiger partial charge on any atom is 0.289 e. The van der Waals surface area contributed by atoms with Gasteiger partial charge in [0.1, 0.15) is 5.76 Å². The third-order valence-corrected chi connectivity index (χ3v) is 5.48. The Bertz CT molecular complexity index is 741. The predicted molar refractivity (Wildman–Crippen MR) is 100 cm³/mol. The van der Waals surface area contributed by atoms with E-state index in [4.69, 9.17) is 9.15 Å². The van der Waals surface area contributed by atoms with E-state index in [0.717, 1.165) is 63.6 Å². The number of benzene rings is 1. The van der Waals surface area contributed by atoms with Crippen LogP contribution < -0.4 is 0 Å². The standard InChI is InChI=1S/C21H26N2O3/c1-16(22-12-14-25-15-13-22)17-4-6-18(7-5-17)19-8-9-20(26-19)21(24)23-10-2-3-11-23/h4-9,16H,2-3,10-15H2,1H3/t16-/m0/s1. The van der Waals surface area contributed by atoms with Gasteiger partial charge in [0.05, 0.1) is 13.2 Å². The first-order chi connectivity index (χ1) is 12.7. The van der Waals surface area contributed by atoms with E-state index in [-0.39, 0.29) is 5.91 Å². The van der Waals surface area contributed by atoms with E-state index in [9.17, 15) is 4.79 Å². The first-order valence-electron chi connectivity index (χ1n) is 9.53. The van der Waals surface area contributed by atoms with Crippen LogP contribution in [0.3, 0.4) is 0 Å². The van der Waals surface area contributed by atoms with Crippen LogP contribution in [0.2, 0.25) is 0 Å². The number of hydrogen-bond donors (Lipinski definition) is 0. The summed E-state index contributed by atoms with van der Waals surface area (Å²) in [7, 11) is 0. The topological polar surface area (TPSA) is 45.9 Å². The second kappa shape index (κ2) is 7.64. The Balaban J connectivity index is 1.46. The van der Waals surface area contributed by atoms with Gasteiger partial charge >= 0.3 is 0 Å². The maximum absolute atomic E-state index is 12.4. The zero-order valence-corrected chi connectivity index (χ0v) is 15.3. The fraction of sp³-hybridized carbons (Fsp3) is 0.476. The van der Waals surface area contributed by atoms with E-state index in [0.29, 0.717) is 11.8 Å². The number of rotatable bonds is 4. The lowest BCUT2D eigenvalue weighted by atomic mass is 10.0. The molecule has 2 aromatic rings. The molecule has 0 saturated carbocycles. The molecule has 0 spiro atoms. The molecule has 0 aliphatic carbocycles. The lowest BCUT2D eigenvalue weighted by molar-refractivity contribution is 0.0198. The Morgan fingerprint density at radius 2 is 1.65 bits per heavy atom. The number of amides is 1. The van der Waals surface area contributed by atoms with Crippen molar-refractivity contribution >= 4 is 5.91 Å². The van der Waals surface area contributed by atoms with Crippen LogP contribution in [0.5, 0.6) is 0 Å². The van der Waals surface area contributed by atoms with Crippen LogP contribution in [0.4, 0.5) is 0 Å². The van der Waals surface area contributed by atoms with Crippen molar-refractivity contribution < 1.29 is 13.9 Å². The van der Waals surface area contributed by atoms with E-state index >= 15 is 0 Å². The number of hydrogen-bond acceptors (Lipinski definition) is 4. The zero-order chi connectivity index (χ0) is 17.9. The van der Waals surface area contributed by atoms with Crippen LogP contribution in [-0.2, 0) is 4.74 Å². The van der Waals surface area contributed by atoms with Gasteiger partial charge in [0, 0.05) is 37.8 Å². The summed E-state index contributed by atoms with van der Waals surface area (Å²) in [5, 5.41) is 0. The van der Waals surface area contributed by atoms with Crippen LogP contribution in [0.1, 0.15) is 41.9 Å². The largest absolute Gasteiger partial charge is 0.451 e. The Hall–Kier alpha value is -2.11. The van der Waals surface area contributed by atoms with Crippen LogP contribution >= 0.6 is 0 Å². The van der Waals surface area contributed by atoms with Crippen molar-refractivity contribution in [2.75, 3.05) is 39.4 Å². The fourth-order valence-corrected chi connectivity index (χ4v) is 3.79. The fourth-order valence-electron chi connectivity index (χ4n) is 3.79. The van der Waals surface area contributed by atoms with E-state index in [1.807, 2.05) is 11.0 Å². The molecule has 138 valence electrons. The van der Waals surface area contributed by atoms with Crippen molar-refractivity contribution in [3.05, 3.63) is 47.7 Å². The summed E-state index contributed by atoms with van der Waals surface area (Å²) in [6.07, 6.45) is 2.17. The average molecular weight is 354 g/mol. The van der Waals surface area contributed by atoms with Gasteiger partial charge in [0.25, 0.3) is 5.91 Å². The highest BCUT2D eigenvalue weighted by Crippen LogP contribution is 2.27. The molecule has 0 N–H and O–H groups in total. The lowest BCUT2D eigenvalue weighted by Gasteiger charge is -2.32. The molecule has 1 aromatic carbocycles. The van der Waals surface area contributed by atoms with Crippen LogP contribution in [0, 0.1) is 0 Å². The molecule has 1 aromatic heterocycles. The second-order valence-electron chi connectivity index (χ2n) is 7.11. The summed E-state index contributed by atoms with van der Waals surface area (Å²) >= 11 is 0. The third-order valence-electron chi connectivity index (χ3n) is 5.48. The number of carbonyl (C=O) groups excluding carboxylic acids is 1.